The summed E-state index contributed by atoms with van der Waals surface area (Å²) in [6.07, 6.45) is 2.55. The van der Waals surface area contributed by atoms with Crippen molar-refractivity contribution in [3.05, 3.63) is 0 Å². The van der Waals surface area contributed by atoms with Gasteiger partial charge in [-0.2, -0.15) is 0 Å². The molecule has 1 heterocycles. The van der Waals surface area contributed by atoms with Crippen molar-refractivity contribution in [3.8, 4) is 0 Å². The molecule has 1 rings (SSSR count). The van der Waals surface area contributed by atoms with Crippen LogP contribution in [-0.4, -0.2) is 41.3 Å². The van der Waals surface area contributed by atoms with Gasteiger partial charge in [-0.25, -0.2) is 0 Å². The Balaban J connectivity index is 2.49. The van der Waals surface area contributed by atoms with Gasteiger partial charge >= 0.3 is 0 Å². The number of nitrogens with zero attached hydrogens (tertiary/aromatic N) is 1. The third-order valence-electron chi connectivity index (χ3n) is 3.23. The maximum Gasteiger partial charge on any atom is 0.0867 e. The Labute approximate surface area is 87.3 Å². The van der Waals surface area contributed by atoms with Gasteiger partial charge in [0, 0.05) is 25.7 Å². The fraction of sp³-hybridized carbons (Fsp3) is 1.00. The molecule has 1 aliphatic heterocycles. The second kappa shape index (κ2) is 4.60. The van der Waals surface area contributed by atoms with E-state index in [-0.39, 0.29) is 0 Å². The first-order valence-electron chi connectivity index (χ1n) is 5.61. The van der Waals surface area contributed by atoms with Crippen LogP contribution in [0.15, 0.2) is 0 Å². The molecule has 3 atom stereocenters. The molecule has 0 aromatic heterocycles. The quantitative estimate of drug-likeness (QED) is 0.709. The van der Waals surface area contributed by atoms with Crippen LogP contribution in [0.4, 0.5) is 0 Å². The number of rotatable bonds is 3. The van der Waals surface area contributed by atoms with Crippen LogP contribution in [0, 0.1) is 5.92 Å². The molecular weight excluding hydrogens is 176 g/mol. The molecule has 14 heavy (non-hydrogen) atoms. The number of hydrogen-bond donors (Lipinski definition) is 2. The van der Waals surface area contributed by atoms with E-state index in [1.54, 1.807) is 0 Å². The van der Waals surface area contributed by atoms with Crippen molar-refractivity contribution < 1.29 is 5.11 Å². The SMILES string of the molecule is CC1CCC(C)N(CC(C)(O)CN)C1. The lowest BCUT2D eigenvalue weighted by Gasteiger charge is -2.40. The molecule has 0 aromatic rings. The smallest absolute Gasteiger partial charge is 0.0867 e. The highest BCUT2D eigenvalue weighted by Crippen LogP contribution is 2.22. The van der Waals surface area contributed by atoms with Gasteiger partial charge in [-0.3, -0.25) is 4.90 Å². The zero-order chi connectivity index (χ0) is 10.8. The Bertz CT molecular complexity index is 182. The van der Waals surface area contributed by atoms with Gasteiger partial charge in [0.05, 0.1) is 5.60 Å². The number of piperidine rings is 1. The molecule has 3 unspecified atom stereocenters. The summed E-state index contributed by atoms with van der Waals surface area (Å²) in [6.45, 7) is 8.46. The lowest BCUT2D eigenvalue weighted by molar-refractivity contribution is -0.00214. The second-order valence-electron chi connectivity index (χ2n) is 5.16. The summed E-state index contributed by atoms with van der Waals surface area (Å²) in [6, 6.07) is 0.587. The molecule has 0 spiro atoms. The van der Waals surface area contributed by atoms with Gasteiger partial charge in [-0.05, 0) is 32.6 Å². The largest absolute Gasteiger partial charge is 0.388 e. The first-order valence-corrected chi connectivity index (χ1v) is 5.61. The van der Waals surface area contributed by atoms with Crippen LogP contribution in [0.25, 0.3) is 0 Å². The van der Waals surface area contributed by atoms with Gasteiger partial charge in [0.25, 0.3) is 0 Å². The van der Waals surface area contributed by atoms with Gasteiger partial charge in [0.15, 0.2) is 0 Å². The van der Waals surface area contributed by atoms with Gasteiger partial charge in [-0.15, -0.1) is 0 Å². The number of β-amino-alcohol motifs (C(OH)–C–C–N with tert-alkyl or cyclic N) is 1. The standard InChI is InChI=1S/C11H24N2O/c1-9-4-5-10(2)13(6-9)8-11(3,14)7-12/h9-10,14H,4-8,12H2,1-3H3. The monoisotopic (exact) mass is 200 g/mol. The topological polar surface area (TPSA) is 49.5 Å². The highest BCUT2D eigenvalue weighted by atomic mass is 16.3. The van der Waals surface area contributed by atoms with Crippen molar-refractivity contribution in [2.75, 3.05) is 19.6 Å². The van der Waals surface area contributed by atoms with E-state index in [1.807, 2.05) is 6.92 Å². The predicted octanol–water partition coefficient (Wildman–Crippen LogP) is 0.817. The minimum absolute atomic E-state index is 0.338. The molecule has 3 heteroatoms. The summed E-state index contributed by atoms with van der Waals surface area (Å²) in [4.78, 5) is 2.36. The minimum atomic E-state index is -0.731. The molecule has 1 aliphatic rings. The number of hydrogen-bond acceptors (Lipinski definition) is 3. The second-order valence-corrected chi connectivity index (χ2v) is 5.16. The third-order valence-corrected chi connectivity index (χ3v) is 3.23. The molecule has 3 nitrogen and oxygen atoms in total. The van der Waals surface area contributed by atoms with E-state index in [0.717, 1.165) is 12.5 Å². The van der Waals surface area contributed by atoms with E-state index in [0.29, 0.717) is 19.1 Å². The van der Waals surface area contributed by atoms with Crippen molar-refractivity contribution in [2.45, 2.75) is 45.3 Å². The van der Waals surface area contributed by atoms with Gasteiger partial charge in [0.1, 0.15) is 0 Å². The zero-order valence-corrected chi connectivity index (χ0v) is 9.66. The van der Waals surface area contributed by atoms with Crippen molar-refractivity contribution in [3.63, 3.8) is 0 Å². The van der Waals surface area contributed by atoms with E-state index in [2.05, 4.69) is 18.7 Å². The van der Waals surface area contributed by atoms with Crippen LogP contribution < -0.4 is 5.73 Å². The van der Waals surface area contributed by atoms with E-state index in [4.69, 9.17) is 5.73 Å². The summed E-state index contributed by atoms with van der Waals surface area (Å²) in [7, 11) is 0. The van der Waals surface area contributed by atoms with E-state index < -0.39 is 5.60 Å². The first-order chi connectivity index (χ1) is 6.44. The molecule has 3 N–H and O–H groups in total. The van der Waals surface area contributed by atoms with Crippen molar-refractivity contribution in [1.82, 2.24) is 4.90 Å². The molecule has 0 bridgehead atoms. The summed E-state index contributed by atoms with van der Waals surface area (Å²) >= 11 is 0. The molecule has 0 saturated carbocycles. The lowest BCUT2D eigenvalue weighted by atomic mass is 9.93. The van der Waals surface area contributed by atoms with Crippen molar-refractivity contribution in [2.24, 2.45) is 11.7 Å². The summed E-state index contributed by atoms with van der Waals surface area (Å²) in [5, 5.41) is 9.91. The first kappa shape index (κ1) is 12.0. The Hall–Kier alpha value is -0.120. The maximum absolute atomic E-state index is 9.91. The van der Waals surface area contributed by atoms with Crippen LogP contribution in [0.3, 0.4) is 0 Å². The fourth-order valence-electron chi connectivity index (χ4n) is 2.10. The van der Waals surface area contributed by atoms with E-state index in [9.17, 15) is 5.11 Å². The summed E-state index contributed by atoms with van der Waals surface area (Å²) in [5.41, 5.74) is 4.80. The summed E-state index contributed by atoms with van der Waals surface area (Å²) < 4.78 is 0. The van der Waals surface area contributed by atoms with Crippen molar-refractivity contribution in [1.29, 1.82) is 0 Å². The van der Waals surface area contributed by atoms with Crippen LogP contribution >= 0.6 is 0 Å². The highest BCUT2D eigenvalue weighted by molar-refractivity contribution is 4.84. The molecular formula is C11H24N2O. The number of nitrogens with two attached hydrogens (primary N) is 1. The van der Waals surface area contributed by atoms with Gasteiger partial charge < -0.3 is 10.8 Å². The highest BCUT2D eigenvalue weighted by Gasteiger charge is 2.29. The third kappa shape index (κ3) is 3.23. The summed E-state index contributed by atoms with van der Waals surface area (Å²) in [5.74, 6) is 0.750. The Kier molecular flexibility index (Phi) is 3.93. The molecule has 1 fully saturated rings. The van der Waals surface area contributed by atoms with E-state index in [1.165, 1.54) is 12.8 Å². The normalized spacial score (nSPS) is 34.1. The number of aliphatic hydroxyl groups is 1. The van der Waals surface area contributed by atoms with Crippen LogP contribution in [0.1, 0.15) is 33.6 Å². The molecule has 0 amide bonds. The predicted molar refractivity (Wildman–Crippen MR) is 59.1 cm³/mol. The Morgan fingerprint density at radius 2 is 2.07 bits per heavy atom. The molecule has 84 valence electrons. The molecule has 1 saturated heterocycles. The molecule has 0 aromatic carbocycles. The molecule has 0 aliphatic carbocycles. The molecule has 0 radical (unpaired) electrons. The average Bonchev–Trinajstić information content (AvgIpc) is 2.11. The van der Waals surface area contributed by atoms with Crippen molar-refractivity contribution >= 4 is 0 Å². The lowest BCUT2D eigenvalue weighted by Crippen LogP contribution is -2.51. The average molecular weight is 200 g/mol. The van der Waals surface area contributed by atoms with Crippen LogP contribution in [-0.2, 0) is 0 Å². The van der Waals surface area contributed by atoms with Crippen LogP contribution in [0.2, 0.25) is 0 Å². The maximum atomic E-state index is 9.91. The van der Waals surface area contributed by atoms with Crippen LogP contribution in [0.5, 0.6) is 0 Å². The van der Waals surface area contributed by atoms with Gasteiger partial charge in [-0.1, -0.05) is 6.92 Å². The van der Waals surface area contributed by atoms with E-state index >= 15 is 0 Å². The minimum Gasteiger partial charge on any atom is -0.388 e. The fourth-order valence-corrected chi connectivity index (χ4v) is 2.10. The Morgan fingerprint density at radius 1 is 1.43 bits per heavy atom. The number of likely N-dealkylation sites (tertiary alicyclic amines) is 1. The zero-order valence-electron chi connectivity index (χ0n) is 9.66. The Morgan fingerprint density at radius 3 is 2.64 bits per heavy atom. The van der Waals surface area contributed by atoms with Gasteiger partial charge in [0.2, 0.25) is 0 Å².